The maximum Gasteiger partial charge on any atom is 0.329 e. The summed E-state index contributed by atoms with van der Waals surface area (Å²) >= 11 is 5.76. The Kier molecular flexibility index (Phi) is 4.52. The van der Waals surface area contributed by atoms with Crippen LogP contribution in [-0.4, -0.2) is 24.3 Å². The highest BCUT2D eigenvalue weighted by atomic mass is 35.5. The Morgan fingerprint density at radius 3 is 2.87 bits per heavy atom. The van der Waals surface area contributed by atoms with Crippen molar-refractivity contribution in [1.29, 1.82) is 0 Å². The van der Waals surface area contributed by atoms with Gasteiger partial charge in [-0.05, 0) is 12.1 Å². The second-order valence-electron chi connectivity index (χ2n) is 2.90. The number of rotatable bonds is 5. The number of hydrogen-bond donors (Lipinski definition) is 1. The van der Waals surface area contributed by atoms with Gasteiger partial charge in [0.15, 0.2) is 0 Å². The standard InChI is InChI=1S/C10H10ClFO3/c11-8-2-1-3-9(12)7(8)4-5-15-6-10(13)14/h1-3H,4-6H2,(H,13,14). The summed E-state index contributed by atoms with van der Waals surface area (Å²) in [4.78, 5) is 10.1. The van der Waals surface area contributed by atoms with E-state index in [0.717, 1.165) is 0 Å². The molecule has 0 amide bonds. The van der Waals surface area contributed by atoms with Crippen LogP contribution in [0.3, 0.4) is 0 Å². The van der Waals surface area contributed by atoms with Gasteiger partial charge in [0.25, 0.3) is 0 Å². The van der Waals surface area contributed by atoms with Crippen molar-refractivity contribution < 1.29 is 19.0 Å². The molecule has 0 atom stereocenters. The number of benzene rings is 1. The molecule has 0 aromatic heterocycles. The number of aliphatic carboxylic acids is 1. The van der Waals surface area contributed by atoms with Gasteiger partial charge in [0.1, 0.15) is 12.4 Å². The summed E-state index contributed by atoms with van der Waals surface area (Å²) in [6.07, 6.45) is 0.263. The predicted molar refractivity (Wildman–Crippen MR) is 53.6 cm³/mol. The lowest BCUT2D eigenvalue weighted by Crippen LogP contribution is -2.09. The molecule has 0 aliphatic carbocycles. The van der Waals surface area contributed by atoms with Crippen LogP contribution >= 0.6 is 11.6 Å². The maximum atomic E-state index is 13.2. The first-order valence-corrected chi connectivity index (χ1v) is 4.71. The first-order chi connectivity index (χ1) is 7.11. The minimum Gasteiger partial charge on any atom is -0.480 e. The van der Waals surface area contributed by atoms with Crippen LogP contribution in [0.4, 0.5) is 4.39 Å². The van der Waals surface area contributed by atoms with E-state index >= 15 is 0 Å². The van der Waals surface area contributed by atoms with E-state index in [0.29, 0.717) is 10.6 Å². The Bertz CT molecular complexity index is 334. The third kappa shape index (κ3) is 3.85. The van der Waals surface area contributed by atoms with Crippen molar-refractivity contribution in [3.63, 3.8) is 0 Å². The number of ether oxygens (including phenoxy) is 1. The highest BCUT2D eigenvalue weighted by Gasteiger charge is 2.06. The second-order valence-corrected chi connectivity index (χ2v) is 3.30. The molecular weight excluding hydrogens is 223 g/mol. The molecular formula is C10H10ClFO3. The topological polar surface area (TPSA) is 46.5 Å². The van der Waals surface area contributed by atoms with Crippen LogP contribution in [0, 0.1) is 5.82 Å². The van der Waals surface area contributed by atoms with E-state index < -0.39 is 11.8 Å². The average molecular weight is 233 g/mol. The van der Waals surface area contributed by atoms with Gasteiger partial charge in [-0.1, -0.05) is 17.7 Å². The van der Waals surface area contributed by atoms with E-state index in [1.54, 1.807) is 6.07 Å². The van der Waals surface area contributed by atoms with Gasteiger partial charge < -0.3 is 9.84 Å². The van der Waals surface area contributed by atoms with Gasteiger partial charge in [0.2, 0.25) is 0 Å². The summed E-state index contributed by atoms with van der Waals surface area (Å²) < 4.78 is 18.0. The Balaban J connectivity index is 2.47. The molecule has 1 rings (SSSR count). The third-order valence-corrected chi connectivity index (χ3v) is 2.14. The zero-order chi connectivity index (χ0) is 11.3. The minimum absolute atomic E-state index is 0.132. The number of carboxylic acids is 1. The number of carbonyl (C=O) groups is 1. The Hall–Kier alpha value is -1.13. The van der Waals surface area contributed by atoms with Crippen LogP contribution in [0.25, 0.3) is 0 Å². The van der Waals surface area contributed by atoms with Crippen molar-refractivity contribution in [2.45, 2.75) is 6.42 Å². The molecule has 3 nitrogen and oxygen atoms in total. The fourth-order valence-corrected chi connectivity index (χ4v) is 1.36. The molecule has 0 heterocycles. The quantitative estimate of drug-likeness (QED) is 0.791. The molecule has 15 heavy (non-hydrogen) atoms. The normalized spacial score (nSPS) is 10.3. The number of halogens is 2. The maximum absolute atomic E-state index is 13.2. The van der Waals surface area contributed by atoms with Gasteiger partial charge in [-0.2, -0.15) is 0 Å². The smallest absolute Gasteiger partial charge is 0.329 e. The van der Waals surface area contributed by atoms with Gasteiger partial charge in [-0.25, -0.2) is 9.18 Å². The lowest BCUT2D eigenvalue weighted by Gasteiger charge is -2.05. The van der Waals surface area contributed by atoms with Crippen LogP contribution in [0.1, 0.15) is 5.56 Å². The highest BCUT2D eigenvalue weighted by molar-refractivity contribution is 6.31. The van der Waals surface area contributed by atoms with Gasteiger partial charge >= 0.3 is 5.97 Å². The summed E-state index contributed by atoms with van der Waals surface area (Å²) in [5, 5.41) is 8.62. The third-order valence-electron chi connectivity index (χ3n) is 1.78. The van der Waals surface area contributed by atoms with E-state index in [9.17, 15) is 9.18 Å². The van der Waals surface area contributed by atoms with E-state index in [2.05, 4.69) is 0 Å². The zero-order valence-electron chi connectivity index (χ0n) is 7.87. The fraction of sp³-hybridized carbons (Fsp3) is 0.300. The molecule has 0 spiro atoms. The summed E-state index contributed by atoms with van der Waals surface area (Å²) in [5.74, 6) is -1.45. The van der Waals surface area contributed by atoms with Gasteiger partial charge in [0.05, 0.1) is 6.61 Å². The highest BCUT2D eigenvalue weighted by Crippen LogP contribution is 2.19. The van der Waals surface area contributed by atoms with Crippen molar-refractivity contribution in [2.24, 2.45) is 0 Å². The van der Waals surface area contributed by atoms with Crippen LogP contribution in [0.15, 0.2) is 18.2 Å². The second kappa shape index (κ2) is 5.68. The SMILES string of the molecule is O=C(O)COCCc1c(F)cccc1Cl. The van der Waals surface area contributed by atoms with Gasteiger partial charge in [-0.3, -0.25) is 0 Å². The fourth-order valence-electron chi connectivity index (χ4n) is 1.10. The molecule has 0 bridgehead atoms. The molecule has 0 aliphatic heterocycles. The molecule has 1 aromatic carbocycles. The molecule has 0 fully saturated rings. The first-order valence-electron chi connectivity index (χ1n) is 4.33. The summed E-state index contributed by atoms with van der Waals surface area (Å²) in [6.45, 7) is -0.251. The molecule has 5 heteroatoms. The Labute approximate surface area is 91.4 Å². The van der Waals surface area contributed by atoms with E-state index in [1.807, 2.05) is 0 Å². The number of carboxylic acid groups (broad SMARTS) is 1. The van der Waals surface area contributed by atoms with Gasteiger partial charge in [0, 0.05) is 17.0 Å². The monoisotopic (exact) mass is 232 g/mol. The van der Waals surface area contributed by atoms with Crippen LogP contribution in [0.2, 0.25) is 5.02 Å². The molecule has 0 radical (unpaired) electrons. The lowest BCUT2D eigenvalue weighted by molar-refractivity contribution is -0.142. The predicted octanol–water partition coefficient (Wildman–Crippen LogP) is 2.12. The molecule has 0 saturated heterocycles. The summed E-state index contributed by atoms with van der Waals surface area (Å²) in [7, 11) is 0. The minimum atomic E-state index is -1.05. The van der Waals surface area contributed by atoms with E-state index in [-0.39, 0.29) is 19.6 Å². The van der Waals surface area contributed by atoms with Crippen molar-refractivity contribution >= 4 is 17.6 Å². The molecule has 1 N–H and O–H groups in total. The van der Waals surface area contributed by atoms with Crippen LogP contribution < -0.4 is 0 Å². The molecule has 1 aromatic rings. The van der Waals surface area contributed by atoms with Crippen LogP contribution in [0.5, 0.6) is 0 Å². The molecule has 82 valence electrons. The van der Waals surface area contributed by atoms with Crippen molar-refractivity contribution in [2.75, 3.05) is 13.2 Å². The van der Waals surface area contributed by atoms with E-state index in [1.165, 1.54) is 12.1 Å². The summed E-state index contributed by atoms with van der Waals surface area (Å²) in [5.41, 5.74) is 0.351. The summed E-state index contributed by atoms with van der Waals surface area (Å²) in [6, 6.07) is 4.40. The van der Waals surface area contributed by atoms with Crippen molar-refractivity contribution in [1.82, 2.24) is 0 Å². The Morgan fingerprint density at radius 2 is 2.27 bits per heavy atom. The molecule has 0 unspecified atom stereocenters. The van der Waals surface area contributed by atoms with Crippen molar-refractivity contribution in [3.05, 3.63) is 34.6 Å². The van der Waals surface area contributed by atoms with Crippen LogP contribution in [-0.2, 0) is 16.0 Å². The van der Waals surface area contributed by atoms with E-state index in [4.69, 9.17) is 21.4 Å². The first kappa shape index (κ1) is 11.9. The molecule has 0 aliphatic rings. The zero-order valence-corrected chi connectivity index (χ0v) is 8.63. The van der Waals surface area contributed by atoms with Crippen molar-refractivity contribution in [3.8, 4) is 0 Å². The van der Waals surface area contributed by atoms with Gasteiger partial charge in [-0.15, -0.1) is 0 Å². The molecule has 0 saturated carbocycles. The number of hydrogen-bond acceptors (Lipinski definition) is 2. The lowest BCUT2D eigenvalue weighted by atomic mass is 10.1. The largest absolute Gasteiger partial charge is 0.480 e. The average Bonchev–Trinajstić information content (AvgIpc) is 2.15. The Morgan fingerprint density at radius 1 is 1.53 bits per heavy atom.